The Morgan fingerprint density at radius 2 is 2.15 bits per heavy atom. The van der Waals surface area contributed by atoms with Crippen molar-refractivity contribution in [2.45, 2.75) is 19.4 Å². The Morgan fingerprint density at radius 1 is 1.35 bits per heavy atom. The zero-order valence-corrected chi connectivity index (χ0v) is 11.4. The number of rotatable bonds is 1. The first-order valence-electron chi connectivity index (χ1n) is 6.73. The van der Waals surface area contributed by atoms with Crippen molar-refractivity contribution in [2.75, 3.05) is 11.4 Å². The van der Waals surface area contributed by atoms with Gasteiger partial charge in [0.1, 0.15) is 0 Å². The summed E-state index contributed by atoms with van der Waals surface area (Å²) < 4.78 is 0. The number of pyridine rings is 1. The van der Waals surface area contributed by atoms with Gasteiger partial charge in [-0.05, 0) is 37.1 Å². The standard InChI is InChI=1S/C16H17N3O/c1-11-8-13(6-7-18-11)16(20)19-10-14(17)9-12-4-2-3-5-15(12)19/h2-8,14H,9-10,17H2,1H3. The van der Waals surface area contributed by atoms with E-state index in [1.165, 1.54) is 0 Å². The highest BCUT2D eigenvalue weighted by molar-refractivity contribution is 6.06. The lowest BCUT2D eigenvalue weighted by atomic mass is 9.97. The summed E-state index contributed by atoms with van der Waals surface area (Å²) in [5, 5.41) is 0. The molecule has 1 aromatic carbocycles. The second-order valence-electron chi connectivity index (χ2n) is 5.19. The van der Waals surface area contributed by atoms with Gasteiger partial charge in [0.15, 0.2) is 0 Å². The van der Waals surface area contributed by atoms with E-state index in [9.17, 15) is 4.79 Å². The third kappa shape index (κ3) is 2.30. The smallest absolute Gasteiger partial charge is 0.258 e. The number of aromatic nitrogens is 1. The molecule has 3 rings (SSSR count). The van der Waals surface area contributed by atoms with Gasteiger partial charge in [-0.15, -0.1) is 0 Å². The van der Waals surface area contributed by atoms with Gasteiger partial charge in [-0.1, -0.05) is 18.2 Å². The number of hydrogen-bond donors (Lipinski definition) is 1. The van der Waals surface area contributed by atoms with E-state index in [1.807, 2.05) is 37.3 Å². The molecular formula is C16H17N3O. The van der Waals surface area contributed by atoms with Crippen molar-refractivity contribution in [1.29, 1.82) is 0 Å². The zero-order chi connectivity index (χ0) is 14.1. The highest BCUT2D eigenvalue weighted by Gasteiger charge is 2.27. The molecule has 0 bridgehead atoms. The summed E-state index contributed by atoms with van der Waals surface area (Å²) in [6.07, 6.45) is 2.48. The van der Waals surface area contributed by atoms with E-state index in [0.29, 0.717) is 12.1 Å². The predicted molar refractivity (Wildman–Crippen MR) is 78.8 cm³/mol. The number of para-hydroxylation sites is 1. The Morgan fingerprint density at radius 3 is 2.95 bits per heavy atom. The number of hydrogen-bond acceptors (Lipinski definition) is 3. The molecule has 0 saturated carbocycles. The van der Waals surface area contributed by atoms with E-state index in [0.717, 1.165) is 23.4 Å². The number of nitrogens with zero attached hydrogens (tertiary/aromatic N) is 2. The largest absolute Gasteiger partial charge is 0.326 e. The Labute approximate surface area is 118 Å². The molecule has 1 atom stereocenters. The van der Waals surface area contributed by atoms with Crippen LogP contribution in [0.5, 0.6) is 0 Å². The van der Waals surface area contributed by atoms with Gasteiger partial charge in [-0.2, -0.15) is 0 Å². The van der Waals surface area contributed by atoms with Crippen LogP contribution in [0.3, 0.4) is 0 Å². The summed E-state index contributed by atoms with van der Waals surface area (Å²) in [6.45, 7) is 2.43. The van der Waals surface area contributed by atoms with Crippen LogP contribution < -0.4 is 10.6 Å². The zero-order valence-electron chi connectivity index (χ0n) is 11.4. The van der Waals surface area contributed by atoms with Gasteiger partial charge in [0, 0.05) is 35.7 Å². The molecule has 1 unspecified atom stereocenters. The van der Waals surface area contributed by atoms with Crippen LogP contribution in [0.1, 0.15) is 21.6 Å². The SMILES string of the molecule is Cc1cc(C(=O)N2CC(N)Cc3ccccc32)ccn1. The van der Waals surface area contributed by atoms with Crippen LogP contribution in [-0.2, 0) is 6.42 Å². The van der Waals surface area contributed by atoms with Gasteiger partial charge in [-0.3, -0.25) is 9.78 Å². The third-order valence-corrected chi connectivity index (χ3v) is 3.57. The Bertz CT molecular complexity index is 654. The van der Waals surface area contributed by atoms with Crippen LogP contribution in [0.2, 0.25) is 0 Å². The molecule has 1 aliphatic rings. The monoisotopic (exact) mass is 267 g/mol. The molecule has 102 valence electrons. The quantitative estimate of drug-likeness (QED) is 0.858. The predicted octanol–water partition coefficient (Wildman–Crippen LogP) is 1.92. The summed E-state index contributed by atoms with van der Waals surface area (Å²) in [5.41, 5.74) is 9.67. The number of carbonyl (C=O) groups excluding carboxylic acids is 1. The van der Waals surface area contributed by atoms with Crippen LogP contribution in [0, 0.1) is 6.92 Å². The highest BCUT2D eigenvalue weighted by Crippen LogP contribution is 2.27. The van der Waals surface area contributed by atoms with Gasteiger partial charge in [0.05, 0.1) is 0 Å². The van der Waals surface area contributed by atoms with Gasteiger partial charge >= 0.3 is 0 Å². The topological polar surface area (TPSA) is 59.2 Å². The van der Waals surface area contributed by atoms with Gasteiger partial charge in [0.2, 0.25) is 0 Å². The van der Waals surface area contributed by atoms with E-state index in [1.54, 1.807) is 17.2 Å². The lowest BCUT2D eigenvalue weighted by molar-refractivity contribution is 0.0983. The first-order chi connectivity index (χ1) is 9.65. The third-order valence-electron chi connectivity index (χ3n) is 3.57. The molecule has 4 heteroatoms. The Kier molecular flexibility index (Phi) is 3.24. The first kappa shape index (κ1) is 12.8. The van der Waals surface area contributed by atoms with Crippen molar-refractivity contribution in [3.8, 4) is 0 Å². The summed E-state index contributed by atoms with van der Waals surface area (Å²) in [5.74, 6) is -0.0156. The van der Waals surface area contributed by atoms with Crippen molar-refractivity contribution in [1.82, 2.24) is 4.98 Å². The number of anilines is 1. The summed E-state index contributed by atoms with van der Waals surface area (Å²) in [4.78, 5) is 18.6. The second-order valence-corrected chi connectivity index (χ2v) is 5.19. The van der Waals surface area contributed by atoms with Crippen molar-refractivity contribution < 1.29 is 4.79 Å². The fourth-order valence-electron chi connectivity index (χ4n) is 2.65. The average molecular weight is 267 g/mol. The van der Waals surface area contributed by atoms with Crippen LogP contribution in [0.4, 0.5) is 5.69 Å². The van der Waals surface area contributed by atoms with Crippen LogP contribution >= 0.6 is 0 Å². The molecule has 0 aliphatic carbocycles. The Hall–Kier alpha value is -2.20. The number of fused-ring (bicyclic) bond motifs is 1. The molecule has 20 heavy (non-hydrogen) atoms. The minimum absolute atomic E-state index is 0.0156. The summed E-state index contributed by atoms with van der Waals surface area (Å²) in [6, 6.07) is 11.5. The maximum Gasteiger partial charge on any atom is 0.258 e. The van der Waals surface area contributed by atoms with Crippen molar-refractivity contribution in [3.05, 3.63) is 59.4 Å². The summed E-state index contributed by atoms with van der Waals surface area (Å²) in [7, 11) is 0. The van der Waals surface area contributed by atoms with E-state index in [2.05, 4.69) is 4.98 Å². The van der Waals surface area contributed by atoms with Gasteiger partial charge in [0.25, 0.3) is 5.91 Å². The molecule has 1 aromatic heterocycles. The van der Waals surface area contributed by atoms with E-state index in [-0.39, 0.29) is 11.9 Å². The van der Waals surface area contributed by atoms with Crippen LogP contribution in [-0.4, -0.2) is 23.5 Å². The van der Waals surface area contributed by atoms with Crippen LogP contribution in [0.15, 0.2) is 42.6 Å². The minimum Gasteiger partial charge on any atom is -0.326 e. The number of nitrogens with two attached hydrogens (primary N) is 1. The average Bonchev–Trinajstić information content (AvgIpc) is 2.45. The van der Waals surface area contributed by atoms with Crippen molar-refractivity contribution in [3.63, 3.8) is 0 Å². The van der Waals surface area contributed by atoms with Crippen molar-refractivity contribution >= 4 is 11.6 Å². The fourth-order valence-corrected chi connectivity index (χ4v) is 2.65. The lowest BCUT2D eigenvalue weighted by Crippen LogP contribution is -2.46. The molecule has 0 fully saturated rings. The second kappa shape index (κ2) is 5.06. The normalized spacial score (nSPS) is 17.7. The number of amides is 1. The molecule has 2 heterocycles. The summed E-state index contributed by atoms with van der Waals surface area (Å²) >= 11 is 0. The van der Waals surface area contributed by atoms with E-state index < -0.39 is 0 Å². The van der Waals surface area contributed by atoms with E-state index in [4.69, 9.17) is 5.73 Å². The molecule has 2 N–H and O–H groups in total. The molecule has 0 saturated heterocycles. The Balaban J connectivity index is 2.00. The van der Waals surface area contributed by atoms with Gasteiger partial charge in [-0.25, -0.2) is 0 Å². The first-order valence-corrected chi connectivity index (χ1v) is 6.73. The maximum absolute atomic E-state index is 12.7. The molecule has 2 aromatic rings. The molecule has 0 spiro atoms. The molecule has 0 radical (unpaired) electrons. The van der Waals surface area contributed by atoms with Crippen molar-refractivity contribution in [2.24, 2.45) is 5.73 Å². The molecule has 1 aliphatic heterocycles. The molecule has 1 amide bonds. The number of benzene rings is 1. The minimum atomic E-state index is -0.0169. The van der Waals surface area contributed by atoms with Gasteiger partial charge < -0.3 is 10.6 Å². The molecule has 4 nitrogen and oxygen atoms in total. The molecular weight excluding hydrogens is 250 g/mol. The number of aryl methyl sites for hydroxylation is 1. The van der Waals surface area contributed by atoms with E-state index >= 15 is 0 Å². The maximum atomic E-state index is 12.7. The highest BCUT2D eigenvalue weighted by atomic mass is 16.2. The lowest BCUT2D eigenvalue weighted by Gasteiger charge is -2.33. The van der Waals surface area contributed by atoms with Crippen LogP contribution in [0.25, 0.3) is 0 Å². The fraction of sp³-hybridized carbons (Fsp3) is 0.250. The number of carbonyl (C=O) groups is 1.